The van der Waals surface area contributed by atoms with Crippen LogP contribution in [0.2, 0.25) is 0 Å². The van der Waals surface area contributed by atoms with Gasteiger partial charge in [-0.05, 0) is 31.6 Å². The number of esters is 1. The van der Waals surface area contributed by atoms with E-state index in [1.165, 1.54) is 7.11 Å². The minimum absolute atomic E-state index is 0.0239. The molecule has 1 radical (unpaired) electrons. The molecule has 6 nitrogen and oxygen atoms in total. The Labute approximate surface area is 188 Å². The SMILES string of the molecule is COC(=O)c1[c]c(OCCCN(C)C)c(-c2ccccc2)c(C(=O)O)c1-c1ccccc1. The highest BCUT2D eigenvalue weighted by molar-refractivity contribution is 6.11. The number of hydrogen-bond donors (Lipinski definition) is 1. The molecule has 0 bridgehead atoms. The monoisotopic (exact) mass is 432 g/mol. The van der Waals surface area contributed by atoms with Gasteiger partial charge in [0.2, 0.25) is 0 Å². The second kappa shape index (κ2) is 10.6. The maximum Gasteiger partial charge on any atom is 0.339 e. The first-order chi connectivity index (χ1) is 15.4. The number of carboxylic acids is 1. The first-order valence-corrected chi connectivity index (χ1v) is 10.3. The van der Waals surface area contributed by atoms with Crippen molar-refractivity contribution >= 4 is 11.9 Å². The summed E-state index contributed by atoms with van der Waals surface area (Å²) in [5.74, 6) is -1.63. The molecular formula is C26H26NO5. The van der Waals surface area contributed by atoms with Gasteiger partial charge >= 0.3 is 11.9 Å². The van der Waals surface area contributed by atoms with Gasteiger partial charge in [0.15, 0.2) is 0 Å². The Morgan fingerprint density at radius 1 is 0.938 bits per heavy atom. The van der Waals surface area contributed by atoms with Gasteiger partial charge in [0, 0.05) is 23.7 Å². The van der Waals surface area contributed by atoms with E-state index in [0.717, 1.165) is 13.0 Å². The van der Waals surface area contributed by atoms with Crippen LogP contribution in [0.3, 0.4) is 0 Å². The molecule has 0 saturated carbocycles. The van der Waals surface area contributed by atoms with Gasteiger partial charge in [-0.2, -0.15) is 0 Å². The average molecular weight is 432 g/mol. The summed E-state index contributed by atoms with van der Waals surface area (Å²) in [7, 11) is 5.19. The number of carbonyl (C=O) groups is 2. The van der Waals surface area contributed by atoms with E-state index < -0.39 is 11.9 Å². The standard InChI is InChI=1S/C26H26NO5/c1-27(2)15-10-16-32-21-17-20(26(30)31-3)22(18-11-6-4-7-12-18)24(25(28)29)23(21)19-13-8-5-9-14-19/h4-9,11-14H,10,15-16H2,1-3H3,(H,28,29). The predicted molar refractivity (Wildman–Crippen MR) is 123 cm³/mol. The zero-order valence-corrected chi connectivity index (χ0v) is 18.4. The number of nitrogens with zero attached hydrogens (tertiary/aromatic N) is 1. The maximum absolute atomic E-state index is 12.7. The average Bonchev–Trinajstić information content (AvgIpc) is 2.81. The van der Waals surface area contributed by atoms with Crippen molar-refractivity contribution in [3.63, 3.8) is 0 Å². The van der Waals surface area contributed by atoms with Crippen molar-refractivity contribution in [2.45, 2.75) is 6.42 Å². The van der Waals surface area contributed by atoms with Crippen LogP contribution in [0.15, 0.2) is 60.7 Å². The molecule has 0 amide bonds. The van der Waals surface area contributed by atoms with E-state index in [1.807, 2.05) is 55.4 Å². The molecule has 0 spiro atoms. The van der Waals surface area contributed by atoms with Crippen molar-refractivity contribution in [3.05, 3.63) is 77.9 Å². The topological polar surface area (TPSA) is 76.1 Å². The van der Waals surface area contributed by atoms with E-state index in [-0.39, 0.29) is 22.4 Å². The van der Waals surface area contributed by atoms with Crippen LogP contribution in [0.1, 0.15) is 27.1 Å². The Morgan fingerprint density at radius 3 is 2.00 bits per heavy atom. The normalized spacial score (nSPS) is 10.8. The fraction of sp³-hybridized carbons (Fsp3) is 0.231. The van der Waals surface area contributed by atoms with E-state index in [4.69, 9.17) is 9.47 Å². The molecule has 0 aliphatic carbocycles. The molecule has 165 valence electrons. The Hall–Kier alpha value is -3.64. The molecule has 0 saturated heterocycles. The van der Waals surface area contributed by atoms with Crippen LogP contribution in [0.25, 0.3) is 22.3 Å². The highest BCUT2D eigenvalue weighted by Gasteiger charge is 2.29. The van der Waals surface area contributed by atoms with Gasteiger partial charge in [0.1, 0.15) is 5.75 Å². The van der Waals surface area contributed by atoms with Crippen molar-refractivity contribution in [1.29, 1.82) is 0 Å². The van der Waals surface area contributed by atoms with Crippen LogP contribution in [-0.4, -0.2) is 56.3 Å². The van der Waals surface area contributed by atoms with E-state index in [0.29, 0.717) is 23.3 Å². The van der Waals surface area contributed by atoms with E-state index >= 15 is 0 Å². The second-order valence-electron chi connectivity index (χ2n) is 7.49. The molecule has 32 heavy (non-hydrogen) atoms. The van der Waals surface area contributed by atoms with Crippen LogP contribution in [0.5, 0.6) is 5.75 Å². The smallest absolute Gasteiger partial charge is 0.339 e. The van der Waals surface area contributed by atoms with Gasteiger partial charge in [0.05, 0.1) is 24.8 Å². The number of ether oxygens (including phenoxy) is 2. The van der Waals surface area contributed by atoms with Gasteiger partial charge < -0.3 is 19.5 Å². The molecule has 1 N–H and O–H groups in total. The fourth-order valence-corrected chi connectivity index (χ4v) is 3.51. The molecule has 3 aromatic rings. The molecule has 0 aliphatic heterocycles. The summed E-state index contributed by atoms with van der Waals surface area (Å²) >= 11 is 0. The van der Waals surface area contributed by atoms with Crippen LogP contribution in [0.4, 0.5) is 0 Å². The number of hydrogen-bond acceptors (Lipinski definition) is 5. The Morgan fingerprint density at radius 2 is 1.50 bits per heavy atom. The molecule has 0 heterocycles. The summed E-state index contributed by atoms with van der Waals surface area (Å²) in [6.07, 6.45) is 0.728. The van der Waals surface area contributed by atoms with E-state index in [9.17, 15) is 14.7 Å². The molecule has 0 atom stereocenters. The zero-order valence-electron chi connectivity index (χ0n) is 18.4. The third-order valence-corrected chi connectivity index (χ3v) is 4.94. The largest absolute Gasteiger partial charge is 0.492 e. The highest BCUT2D eigenvalue weighted by atomic mass is 16.5. The van der Waals surface area contributed by atoms with Crippen LogP contribution in [-0.2, 0) is 4.74 Å². The maximum atomic E-state index is 12.7. The Bertz CT molecular complexity index is 1080. The lowest BCUT2D eigenvalue weighted by Crippen LogP contribution is -2.17. The summed E-state index contributed by atoms with van der Waals surface area (Å²) in [5.41, 5.74) is 1.89. The quantitative estimate of drug-likeness (QED) is 0.392. The third-order valence-electron chi connectivity index (χ3n) is 4.94. The van der Waals surface area contributed by atoms with Crippen molar-refractivity contribution in [2.75, 3.05) is 34.4 Å². The van der Waals surface area contributed by atoms with Crippen molar-refractivity contribution in [2.24, 2.45) is 0 Å². The molecule has 0 aliphatic rings. The van der Waals surface area contributed by atoms with Crippen LogP contribution < -0.4 is 4.74 Å². The van der Waals surface area contributed by atoms with Crippen molar-refractivity contribution in [1.82, 2.24) is 4.90 Å². The number of carboxylic acid groups (broad SMARTS) is 1. The lowest BCUT2D eigenvalue weighted by molar-refractivity contribution is 0.0600. The van der Waals surface area contributed by atoms with Gasteiger partial charge in [0.25, 0.3) is 0 Å². The summed E-state index contributed by atoms with van der Waals surface area (Å²) in [6.45, 7) is 1.15. The summed E-state index contributed by atoms with van der Waals surface area (Å²) in [6, 6.07) is 21.1. The molecule has 0 aromatic heterocycles. The number of benzene rings is 3. The molecule has 0 fully saturated rings. The van der Waals surface area contributed by atoms with E-state index in [2.05, 4.69) is 6.07 Å². The van der Waals surface area contributed by atoms with Gasteiger partial charge in [-0.15, -0.1) is 0 Å². The predicted octanol–water partition coefficient (Wildman–Crippen LogP) is 4.64. The molecule has 0 unspecified atom stereocenters. The fourth-order valence-electron chi connectivity index (χ4n) is 3.51. The number of aromatic carboxylic acids is 1. The first-order valence-electron chi connectivity index (χ1n) is 10.3. The first kappa shape index (κ1) is 23.0. The molecule has 3 aromatic carbocycles. The third kappa shape index (κ3) is 5.15. The van der Waals surface area contributed by atoms with Crippen LogP contribution >= 0.6 is 0 Å². The minimum atomic E-state index is -1.17. The zero-order chi connectivity index (χ0) is 23.1. The van der Waals surface area contributed by atoms with Gasteiger partial charge in [-0.25, -0.2) is 9.59 Å². The molecular weight excluding hydrogens is 406 g/mol. The Balaban J connectivity index is 2.30. The minimum Gasteiger partial charge on any atom is -0.492 e. The van der Waals surface area contributed by atoms with Gasteiger partial charge in [-0.1, -0.05) is 60.7 Å². The highest BCUT2D eigenvalue weighted by Crippen LogP contribution is 2.42. The van der Waals surface area contributed by atoms with E-state index in [1.54, 1.807) is 24.3 Å². The summed E-state index contributed by atoms with van der Waals surface area (Å²) < 4.78 is 11.0. The van der Waals surface area contributed by atoms with Gasteiger partial charge in [-0.3, -0.25) is 0 Å². The molecule has 6 heteroatoms. The number of methoxy groups -OCH3 is 1. The lowest BCUT2D eigenvalue weighted by atomic mass is 9.87. The summed E-state index contributed by atoms with van der Waals surface area (Å²) in [4.78, 5) is 27.3. The van der Waals surface area contributed by atoms with Crippen molar-refractivity contribution in [3.8, 4) is 28.0 Å². The van der Waals surface area contributed by atoms with Crippen LogP contribution in [0, 0.1) is 6.07 Å². The summed E-state index contributed by atoms with van der Waals surface area (Å²) in [5, 5.41) is 10.3. The number of carbonyl (C=O) groups excluding carboxylic acids is 1. The lowest BCUT2D eigenvalue weighted by Gasteiger charge is -2.20. The van der Waals surface area contributed by atoms with Crippen molar-refractivity contribution < 1.29 is 24.2 Å². The number of rotatable bonds is 9. The molecule has 3 rings (SSSR count). The second-order valence-corrected chi connectivity index (χ2v) is 7.49. The Kier molecular flexibility index (Phi) is 7.63.